The van der Waals surface area contributed by atoms with E-state index in [2.05, 4.69) is 0 Å². The van der Waals surface area contributed by atoms with E-state index in [0.29, 0.717) is 19.5 Å². The zero-order valence-corrected chi connectivity index (χ0v) is 11.9. The van der Waals surface area contributed by atoms with E-state index in [0.717, 1.165) is 11.1 Å². The fourth-order valence-electron chi connectivity index (χ4n) is 2.16. The van der Waals surface area contributed by atoms with Gasteiger partial charge in [0.2, 0.25) is 0 Å². The van der Waals surface area contributed by atoms with Crippen molar-refractivity contribution in [3.63, 3.8) is 0 Å². The largest absolute Gasteiger partial charge is 0.363 e. The van der Waals surface area contributed by atoms with Gasteiger partial charge in [0.25, 0.3) is 0 Å². The summed E-state index contributed by atoms with van der Waals surface area (Å²) in [5.41, 5.74) is 8.32. The van der Waals surface area contributed by atoms with Crippen LogP contribution < -0.4 is 5.73 Å². The first kappa shape index (κ1) is 14.7. The maximum absolute atomic E-state index is 10.4. The molecule has 0 radical (unpaired) electrons. The van der Waals surface area contributed by atoms with E-state index in [-0.39, 0.29) is 0 Å². The predicted octanol–water partition coefficient (Wildman–Crippen LogP) is 2.70. The van der Waals surface area contributed by atoms with Crippen LogP contribution in [0.25, 0.3) is 0 Å². The Balaban J connectivity index is 2.17. The number of benzene rings is 2. The fourth-order valence-corrected chi connectivity index (χ4v) is 2.16. The normalized spacial score (nSPS) is 14.2. The lowest BCUT2D eigenvalue weighted by Crippen LogP contribution is -2.54. The molecular formula is C17H22N2O. The third-order valence-electron chi connectivity index (χ3n) is 3.50. The number of nitrogens with zero attached hydrogens (tertiary/aromatic N) is 1. The Morgan fingerprint density at radius 1 is 0.900 bits per heavy atom. The Morgan fingerprint density at radius 2 is 1.30 bits per heavy atom. The van der Waals surface area contributed by atoms with Crippen LogP contribution in [0.2, 0.25) is 0 Å². The molecule has 0 spiro atoms. The Labute approximate surface area is 120 Å². The van der Waals surface area contributed by atoms with Gasteiger partial charge in [-0.1, -0.05) is 67.6 Å². The first-order valence-corrected chi connectivity index (χ1v) is 6.96. The van der Waals surface area contributed by atoms with Gasteiger partial charge < -0.3 is 5.11 Å². The van der Waals surface area contributed by atoms with Crippen LogP contribution in [0.1, 0.15) is 24.5 Å². The molecule has 0 aromatic heterocycles. The van der Waals surface area contributed by atoms with Crippen molar-refractivity contribution in [1.82, 2.24) is 4.90 Å². The van der Waals surface area contributed by atoms with Crippen molar-refractivity contribution in [2.45, 2.75) is 32.3 Å². The van der Waals surface area contributed by atoms with Gasteiger partial charge in [-0.25, -0.2) is 0 Å². The smallest absolute Gasteiger partial charge is 0.172 e. The van der Waals surface area contributed by atoms with Gasteiger partial charge in [0.05, 0.1) is 0 Å². The highest BCUT2D eigenvalue weighted by atomic mass is 16.3. The molecule has 20 heavy (non-hydrogen) atoms. The van der Waals surface area contributed by atoms with E-state index in [1.807, 2.05) is 72.5 Å². The SMILES string of the molecule is CCC(N)(O)N(Cc1ccccc1)Cc1ccccc1. The average Bonchev–Trinajstić information content (AvgIpc) is 2.49. The van der Waals surface area contributed by atoms with E-state index in [1.54, 1.807) is 0 Å². The van der Waals surface area contributed by atoms with Gasteiger partial charge in [0.15, 0.2) is 5.85 Å². The minimum Gasteiger partial charge on any atom is -0.363 e. The van der Waals surface area contributed by atoms with Crippen LogP contribution in [0.15, 0.2) is 60.7 Å². The van der Waals surface area contributed by atoms with Gasteiger partial charge in [-0.3, -0.25) is 10.6 Å². The fraction of sp³-hybridized carbons (Fsp3) is 0.294. The third-order valence-corrected chi connectivity index (χ3v) is 3.50. The summed E-state index contributed by atoms with van der Waals surface area (Å²) in [6, 6.07) is 20.1. The molecule has 0 saturated carbocycles. The molecule has 1 unspecified atom stereocenters. The van der Waals surface area contributed by atoms with Crippen LogP contribution in [0.5, 0.6) is 0 Å². The Kier molecular flexibility index (Phi) is 4.90. The van der Waals surface area contributed by atoms with E-state index in [9.17, 15) is 5.11 Å². The van der Waals surface area contributed by atoms with Crippen LogP contribution in [-0.4, -0.2) is 15.9 Å². The van der Waals surface area contributed by atoms with E-state index in [1.165, 1.54) is 0 Å². The van der Waals surface area contributed by atoms with Crippen LogP contribution in [0.4, 0.5) is 0 Å². The summed E-state index contributed by atoms with van der Waals surface area (Å²) in [6.07, 6.45) is 0.479. The van der Waals surface area contributed by atoms with E-state index < -0.39 is 5.85 Å². The number of rotatable bonds is 6. The summed E-state index contributed by atoms with van der Waals surface area (Å²) in [5.74, 6) is -1.30. The molecule has 106 valence electrons. The molecular weight excluding hydrogens is 248 g/mol. The van der Waals surface area contributed by atoms with Crippen molar-refractivity contribution in [1.29, 1.82) is 0 Å². The van der Waals surface area contributed by atoms with E-state index in [4.69, 9.17) is 5.73 Å². The highest BCUT2D eigenvalue weighted by Crippen LogP contribution is 2.18. The van der Waals surface area contributed by atoms with Crippen LogP contribution in [-0.2, 0) is 13.1 Å². The Morgan fingerprint density at radius 3 is 1.65 bits per heavy atom. The van der Waals surface area contributed by atoms with Gasteiger partial charge in [0.1, 0.15) is 0 Å². The lowest BCUT2D eigenvalue weighted by Gasteiger charge is -2.36. The molecule has 2 rings (SSSR count). The molecule has 0 bridgehead atoms. The van der Waals surface area contributed by atoms with Crippen molar-refractivity contribution in [3.05, 3.63) is 71.8 Å². The number of nitrogens with two attached hydrogens (primary N) is 1. The topological polar surface area (TPSA) is 49.5 Å². The number of aliphatic hydroxyl groups is 1. The lowest BCUT2D eigenvalue weighted by molar-refractivity contribution is -0.117. The van der Waals surface area contributed by atoms with Gasteiger partial charge >= 0.3 is 0 Å². The number of hydrogen-bond acceptors (Lipinski definition) is 3. The molecule has 2 aromatic rings. The lowest BCUT2D eigenvalue weighted by atomic mass is 10.1. The molecule has 0 fully saturated rings. The molecule has 0 aliphatic carbocycles. The van der Waals surface area contributed by atoms with Gasteiger partial charge in [-0.2, -0.15) is 0 Å². The summed E-state index contributed by atoms with van der Waals surface area (Å²) < 4.78 is 0. The van der Waals surface area contributed by atoms with Gasteiger partial charge in [-0.15, -0.1) is 0 Å². The molecule has 3 nitrogen and oxygen atoms in total. The number of hydrogen-bond donors (Lipinski definition) is 2. The zero-order valence-electron chi connectivity index (χ0n) is 11.9. The van der Waals surface area contributed by atoms with Crippen molar-refractivity contribution in [3.8, 4) is 0 Å². The second kappa shape index (κ2) is 6.66. The first-order chi connectivity index (χ1) is 9.62. The van der Waals surface area contributed by atoms with E-state index >= 15 is 0 Å². The van der Waals surface area contributed by atoms with Gasteiger partial charge in [-0.05, 0) is 11.1 Å². The Bertz CT molecular complexity index is 470. The third kappa shape index (κ3) is 3.90. The minimum absolute atomic E-state index is 0.479. The molecule has 0 aliphatic heterocycles. The molecule has 1 atom stereocenters. The maximum Gasteiger partial charge on any atom is 0.172 e. The summed E-state index contributed by atoms with van der Waals surface area (Å²) in [5, 5.41) is 10.4. The molecule has 0 amide bonds. The second-order valence-electron chi connectivity index (χ2n) is 5.06. The molecule has 3 heteroatoms. The zero-order chi connectivity index (χ0) is 14.4. The highest BCUT2D eigenvalue weighted by Gasteiger charge is 2.27. The van der Waals surface area contributed by atoms with Crippen LogP contribution in [0, 0.1) is 0 Å². The Hall–Kier alpha value is -1.68. The predicted molar refractivity (Wildman–Crippen MR) is 81.6 cm³/mol. The molecule has 0 heterocycles. The first-order valence-electron chi connectivity index (χ1n) is 6.96. The molecule has 2 aromatic carbocycles. The molecule has 3 N–H and O–H groups in total. The van der Waals surface area contributed by atoms with Crippen LogP contribution >= 0.6 is 0 Å². The summed E-state index contributed by atoms with van der Waals surface area (Å²) in [6.45, 7) is 3.14. The molecule has 0 saturated heterocycles. The average molecular weight is 270 g/mol. The monoisotopic (exact) mass is 270 g/mol. The van der Waals surface area contributed by atoms with Crippen molar-refractivity contribution >= 4 is 0 Å². The maximum atomic E-state index is 10.4. The standard InChI is InChI=1S/C17H22N2O/c1-2-17(18,20)19(13-15-9-5-3-6-10-15)14-16-11-7-4-8-12-16/h3-12,20H,2,13-14,18H2,1H3. The summed E-state index contributed by atoms with van der Waals surface area (Å²) >= 11 is 0. The quantitative estimate of drug-likeness (QED) is 0.793. The van der Waals surface area contributed by atoms with Crippen molar-refractivity contribution in [2.24, 2.45) is 5.73 Å². The van der Waals surface area contributed by atoms with Crippen LogP contribution in [0.3, 0.4) is 0 Å². The summed E-state index contributed by atoms with van der Waals surface area (Å²) in [4.78, 5) is 1.90. The minimum atomic E-state index is -1.30. The summed E-state index contributed by atoms with van der Waals surface area (Å²) in [7, 11) is 0. The van der Waals surface area contributed by atoms with Crippen molar-refractivity contribution < 1.29 is 5.11 Å². The van der Waals surface area contributed by atoms with Crippen molar-refractivity contribution in [2.75, 3.05) is 0 Å². The molecule has 0 aliphatic rings. The van der Waals surface area contributed by atoms with Gasteiger partial charge in [0, 0.05) is 19.5 Å². The second-order valence-corrected chi connectivity index (χ2v) is 5.06. The highest BCUT2D eigenvalue weighted by molar-refractivity contribution is 5.17.